The average molecular weight is 295 g/mol. The van der Waals surface area contributed by atoms with Crippen LogP contribution in [-0.4, -0.2) is 43.3 Å². The molecule has 0 saturated heterocycles. The normalized spacial score (nSPS) is 10.1. The van der Waals surface area contributed by atoms with E-state index >= 15 is 0 Å². The number of hydrogen-bond donors (Lipinski definition) is 2. The van der Waals surface area contributed by atoms with Crippen LogP contribution in [0, 0.1) is 6.92 Å². The molecule has 1 aromatic carbocycles. The summed E-state index contributed by atoms with van der Waals surface area (Å²) < 4.78 is 10.3. The summed E-state index contributed by atoms with van der Waals surface area (Å²) >= 11 is 0. The minimum absolute atomic E-state index is 0.0956. The standard InChI is InChI=1S/C15H21NO5/c1-12-4-2-5-13(10-12)21-8-3-6-14(17)16-7-9-20-11-15(18)19/h2,4-5,10H,3,6-9,11H2,1H3,(H,16,17)(H,18,19). The third-order valence-electron chi connectivity index (χ3n) is 2.60. The third kappa shape index (κ3) is 8.65. The maximum absolute atomic E-state index is 11.5. The van der Waals surface area contributed by atoms with Crippen LogP contribution in [0.25, 0.3) is 0 Å². The fraction of sp³-hybridized carbons (Fsp3) is 0.467. The Hall–Kier alpha value is -2.08. The summed E-state index contributed by atoms with van der Waals surface area (Å²) in [6.45, 7) is 2.63. The van der Waals surface area contributed by atoms with E-state index in [1.807, 2.05) is 31.2 Å². The SMILES string of the molecule is Cc1cccc(OCCCC(=O)NCCOCC(=O)O)c1. The van der Waals surface area contributed by atoms with Crippen molar-refractivity contribution >= 4 is 11.9 Å². The van der Waals surface area contributed by atoms with Crippen molar-refractivity contribution in [2.45, 2.75) is 19.8 Å². The Morgan fingerprint density at radius 1 is 1.29 bits per heavy atom. The quantitative estimate of drug-likeness (QED) is 0.637. The van der Waals surface area contributed by atoms with Gasteiger partial charge in [-0.1, -0.05) is 12.1 Å². The van der Waals surface area contributed by atoms with E-state index in [4.69, 9.17) is 14.6 Å². The molecule has 0 aliphatic rings. The van der Waals surface area contributed by atoms with Crippen LogP contribution in [0.3, 0.4) is 0 Å². The number of amides is 1. The zero-order valence-electron chi connectivity index (χ0n) is 12.1. The Balaban J connectivity index is 2.02. The first-order chi connectivity index (χ1) is 10.1. The van der Waals surface area contributed by atoms with E-state index in [2.05, 4.69) is 5.32 Å². The lowest BCUT2D eigenvalue weighted by Gasteiger charge is -2.07. The summed E-state index contributed by atoms with van der Waals surface area (Å²) in [5, 5.41) is 11.0. The molecule has 0 aliphatic carbocycles. The Bertz CT molecular complexity index is 461. The van der Waals surface area contributed by atoms with E-state index in [0.29, 0.717) is 26.0 Å². The monoisotopic (exact) mass is 295 g/mol. The summed E-state index contributed by atoms with van der Waals surface area (Å²) in [6.07, 6.45) is 0.987. The molecule has 116 valence electrons. The number of carbonyl (C=O) groups excluding carboxylic acids is 1. The van der Waals surface area contributed by atoms with Crippen molar-refractivity contribution in [1.29, 1.82) is 0 Å². The molecule has 0 spiro atoms. The lowest BCUT2D eigenvalue weighted by atomic mass is 10.2. The second-order valence-electron chi connectivity index (χ2n) is 4.56. The van der Waals surface area contributed by atoms with Crippen molar-refractivity contribution in [3.8, 4) is 5.75 Å². The molecule has 6 heteroatoms. The maximum atomic E-state index is 11.5. The molecule has 1 rings (SSSR count). The van der Waals surface area contributed by atoms with E-state index in [1.165, 1.54) is 0 Å². The van der Waals surface area contributed by atoms with Crippen LogP contribution in [-0.2, 0) is 14.3 Å². The van der Waals surface area contributed by atoms with Crippen LogP contribution in [0.1, 0.15) is 18.4 Å². The molecule has 0 unspecified atom stereocenters. The number of benzene rings is 1. The molecule has 0 radical (unpaired) electrons. The number of nitrogens with one attached hydrogen (secondary N) is 1. The van der Waals surface area contributed by atoms with Gasteiger partial charge in [-0.05, 0) is 31.0 Å². The second-order valence-corrected chi connectivity index (χ2v) is 4.56. The van der Waals surface area contributed by atoms with Gasteiger partial charge in [0.2, 0.25) is 5.91 Å². The largest absolute Gasteiger partial charge is 0.494 e. The number of aryl methyl sites for hydroxylation is 1. The summed E-state index contributed by atoms with van der Waals surface area (Å²) in [5.74, 6) is -0.311. The van der Waals surface area contributed by atoms with Gasteiger partial charge in [0.05, 0.1) is 13.2 Å². The number of carboxylic acids is 1. The van der Waals surface area contributed by atoms with E-state index in [1.54, 1.807) is 0 Å². The summed E-state index contributed by atoms with van der Waals surface area (Å²) in [4.78, 5) is 21.6. The van der Waals surface area contributed by atoms with Gasteiger partial charge in [0, 0.05) is 13.0 Å². The number of ether oxygens (including phenoxy) is 2. The van der Waals surface area contributed by atoms with Crippen LogP contribution in [0.2, 0.25) is 0 Å². The zero-order valence-corrected chi connectivity index (χ0v) is 12.1. The number of rotatable bonds is 10. The molecule has 0 saturated carbocycles. The highest BCUT2D eigenvalue weighted by molar-refractivity contribution is 5.75. The molecule has 21 heavy (non-hydrogen) atoms. The number of carbonyl (C=O) groups is 2. The van der Waals surface area contributed by atoms with Gasteiger partial charge in [-0.25, -0.2) is 4.79 Å². The van der Waals surface area contributed by atoms with Crippen molar-refractivity contribution in [3.05, 3.63) is 29.8 Å². The molecular weight excluding hydrogens is 274 g/mol. The molecule has 6 nitrogen and oxygen atoms in total. The lowest BCUT2D eigenvalue weighted by molar-refractivity contribution is -0.142. The zero-order chi connectivity index (χ0) is 15.5. The minimum atomic E-state index is -1.02. The summed E-state index contributed by atoms with van der Waals surface area (Å²) in [6, 6.07) is 7.74. The molecule has 0 bridgehead atoms. The Morgan fingerprint density at radius 3 is 2.81 bits per heavy atom. The Kier molecular flexibility index (Phi) is 7.89. The van der Waals surface area contributed by atoms with E-state index in [-0.39, 0.29) is 19.1 Å². The van der Waals surface area contributed by atoms with E-state index < -0.39 is 5.97 Å². The smallest absolute Gasteiger partial charge is 0.329 e. The number of carboxylic acid groups (broad SMARTS) is 1. The predicted molar refractivity (Wildman–Crippen MR) is 77.4 cm³/mol. The highest BCUT2D eigenvalue weighted by Gasteiger charge is 2.02. The van der Waals surface area contributed by atoms with Crippen molar-refractivity contribution < 1.29 is 24.2 Å². The Labute approximate surface area is 124 Å². The molecule has 0 aliphatic heterocycles. The molecule has 0 fully saturated rings. The van der Waals surface area contributed by atoms with Crippen LogP contribution in [0.4, 0.5) is 0 Å². The van der Waals surface area contributed by atoms with Crippen molar-refractivity contribution in [2.75, 3.05) is 26.4 Å². The molecule has 0 aromatic heterocycles. The van der Waals surface area contributed by atoms with Gasteiger partial charge in [-0.2, -0.15) is 0 Å². The van der Waals surface area contributed by atoms with Crippen LogP contribution in [0.15, 0.2) is 24.3 Å². The molecular formula is C15H21NO5. The first-order valence-corrected chi connectivity index (χ1v) is 6.83. The molecule has 2 N–H and O–H groups in total. The highest BCUT2D eigenvalue weighted by Crippen LogP contribution is 2.12. The van der Waals surface area contributed by atoms with Crippen LogP contribution in [0.5, 0.6) is 5.75 Å². The van der Waals surface area contributed by atoms with Gasteiger partial charge in [0.1, 0.15) is 12.4 Å². The topological polar surface area (TPSA) is 84.9 Å². The number of hydrogen-bond acceptors (Lipinski definition) is 4. The Morgan fingerprint density at radius 2 is 2.10 bits per heavy atom. The maximum Gasteiger partial charge on any atom is 0.329 e. The van der Waals surface area contributed by atoms with Gasteiger partial charge in [0.25, 0.3) is 0 Å². The fourth-order valence-corrected chi connectivity index (χ4v) is 1.64. The van der Waals surface area contributed by atoms with Crippen molar-refractivity contribution in [1.82, 2.24) is 5.32 Å². The fourth-order valence-electron chi connectivity index (χ4n) is 1.64. The van der Waals surface area contributed by atoms with E-state index in [0.717, 1.165) is 11.3 Å². The summed E-state index contributed by atoms with van der Waals surface area (Å²) in [5.41, 5.74) is 1.13. The van der Waals surface area contributed by atoms with Gasteiger partial charge >= 0.3 is 5.97 Å². The van der Waals surface area contributed by atoms with Gasteiger partial charge in [-0.15, -0.1) is 0 Å². The highest BCUT2D eigenvalue weighted by atomic mass is 16.5. The predicted octanol–water partition coefficient (Wildman–Crippen LogP) is 1.37. The third-order valence-corrected chi connectivity index (χ3v) is 2.60. The van der Waals surface area contributed by atoms with Crippen molar-refractivity contribution in [3.63, 3.8) is 0 Å². The summed E-state index contributed by atoms with van der Waals surface area (Å²) in [7, 11) is 0. The molecule has 0 atom stereocenters. The van der Waals surface area contributed by atoms with Crippen molar-refractivity contribution in [2.24, 2.45) is 0 Å². The first-order valence-electron chi connectivity index (χ1n) is 6.83. The first kappa shape index (κ1) is 17.0. The van der Waals surface area contributed by atoms with Gasteiger partial charge in [-0.3, -0.25) is 4.79 Å². The minimum Gasteiger partial charge on any atom is -0.494 e. The molecule has 1 amide bonds. The van der Waals surface area contributed by atoms with Gasteiger partial charge < -0.3 is 19.9 Å². The average Bonchev–Trinajstić information content (AvgIpc) is 2.43. The number of aliphatic carboxylic acids is 1. The van der Waals surface area contributed by atoms with Crippen LogP contribution < -0.4 is 10.1 Å². The second kappa shape index (κ2) is 9.77. The van der Waals surface area contributed by atoms with Crippen LogP contribution >= 0.6 is 0 Å². The molecule has 0 heterocycles. The molecule has 1 aromatic rings. The lowest BCUT2D eigenvalue weighted by Crippen LogP contribution is -2.28. The van der Waals surface area contributed by atoms with E-state index in [9.17, 15) is 9.59 Å². The van der Waals surface area contributed by atoms with Gasteiger partial charge in [0.15, 0.2) is 0 Å².